The predicted molar refractivity (Wildman–Crippen MR) is 103 cm³/mol. The minimum absolute atomic E-state index is 0.0416. The van der Waals surface area contributed by atoms with Crippen LogP contribution < -0.4 is 10.9 Å². The number of fused-ring (bicyclic) bond motifs is 1. The lowest BCUT2D eigenvalue weighted by molar-refractivity contribution is 0.0996. The zero-order valence-corrected chi connectivity index (χ0v) is 15.1. The molecule has 0 saturated carbocycles. The lowest BCUT2D eigenvalue weighted by atomic mass is 10.0. The van der Waals surface area contributed by atoms with Crippen molar-refractivity contribution in [3.63, 3.8) is 0 Å². The lowest BCUT2D eigenvalue weighted by Crippen LogP contribution is -2.14. The van der Waals surface area contributed by atoms with Gasteiger partial charge in [-0.1, -0.05) is 23.7 Å². The topological polar surface area (TPSA) is 88.0 Å². The summed E-state index contributed by atoms with van der Waals surface area (Å²) >= 11 is 5.72. The lowest BCUT2D eigenvalue weighted by Gasteiger charge is -2.08. The SMILES string of the molecule is O=C(Nc1ccc2c(Cc3ccc(Cl)c(F)c3)n[nH]c(=O)c2c1)c1ccco1. The van der Waals surface area contributed by atoms with E-state index in [1.807, 2.05) is 0 Å². The van der Waals surface area contributed by atoms with Gasteiger partial charge in [0, 0.05) is 17.5 Å². The highest BCUT2D eigenvalue weighted by molar-refractivity contribution is 6.30. The number of nitrogens with zero attached hydrogens (tertiary/aromatic N) is 1. The number of nitrogens with one attached hydrogen (secondary N) is 2. The van der Waals surface area contributed by atoms with E-state index in [2.05, 4.69) is 15.5 Å². The number of aromatic amines is 1. The van der Waals surface area contributed by atoms with E-state index in [1.54, 1.807) is 30.3 Å². The normalized spacial score (nSPS) is 10.9. The molecule has 8 heteroatoms. The monoisotopic (exact) mass is 397 g/mol. The van der Waals surface area contributed by atoms with E-state index < -0.39 is 17.3 Å². The third kappa shape index (κ3) is 3.52. The number of rotatable bonds is 4. The van der Waals surface area contributed by atoms with Gasteiger partial charge in [0.1, 0.15) is 5.82 Å². The molecule has 0 radical (unpaired) electrons. The van der Waals surface area contributed by atoms with Crippen LogP contribution in [-0.2, 0) is 6.42 Å². The Morgan fingerprint density at radius 2 is 2.04 bits per heavy atom. The van der Waals surface area contributed by atoms with Gasteiger partial charge < -0.3 is 9.73 Å². The van der Waals surface area contributed by atoms with Gasteiger partial charge in [0.25, 0.3) is 11.5 Å². The highest BCUT2D eigenvalue weighted by Gasteiger charge is 2.12. The van der Waals surface area contributed by atoms with E-state index in [-0.39, 0.29) is 10.8 Å². The Labute approximate surface area is 163 Å². The molecule has 0 saturated heterocycles. The fourth-order valence-corrected chi connectivity index (χ4v) is 3.00. The third-order valence-corrected chi connectivity index (χ3v) is 4.53. The Balaban J connectivity index is 1.68. The van der Waals surface area contributed by atoms with Crippen LogP contribution in [0.25, 0.3) is 10.8 Å². The van der Waals surface area contributed by atoms with Crippen molar-refractivity contribution in [1.82, 2.24) is 10.2 Å². The number of anilines is 1. The molecule has 2 N–H and O–H groups in total. The van der Waals surface area contributed by atoms with Crippen molar-refractivity contribution in [2.24, 2.45) is 0 Å². The first-order chi connectivity index (χ1) is 13.5. The van der Waals surface area contributed by atoms with Gasteiger partial charge >= 0.3 is 0 Å². The molecular weight excluding hydrogens is 385 g/mol. The molecule has 0 aliphatic carbocycles. The van der Waals surface area contributed by atoms with Gasteiger partial charge in [-0.05, 0) is 42.0 Å². The van der Waals surface area contributed by atoms with E-state index in [9.17, 15) is 14.0 Å². The number of amides is 1. The first kappa shape index (κ1) is 17.9. The van der Waals surface area contributed by atoms with E-state index in [0.717, 1.165) is 0 Å². The summed E-state index contributed by atoms with van der Waals surface area (Å²) in [5.41, 5.74) is 1.28. The fraction of sp³-hybridized carbons (Fsp3) is 0.0500. The Hall–Kier alpha value is -3.45. The Bertz CT molecular complexity index is 1240. The van der Waals surface area contributed by atoms with Crippen LogP contribution in [0.4, 0.5) is 10.1 Å². The molecule has 4 rings (SSSR count). The average molecular weight is 398 g/mol. The molecule has 0 aliphatic rings. The van der Waals surface area contributed by atoms with Crippen molar-refractivity contribution in [3.8, 4) is 0 Å². The van der Waals surface area contributed by atoms with Crippen molar-refractivity contribution in [1.29, 1.82) is 0 Å². The molecular formula is C20H13ClFN3O3. The first-order valence-electron chi connectivity index (χ1n) is 8.31. The molecule has 0 atom stereocenters. The van der Waals surface area contributed by atoms with Crippen molar-refractivity contribution in [2.45, 2.75) is 6.42 Å². The van der Waals surface area contributed by atoms with Crippen LogP contribution >= 0.6 is 11.6 Å². The Morgan fingerprint density at radius 1 is 1.18 bits per heavy atom. The minimum Gasteiger partial charge on any atom is -0.459 e. The van der Waals surface area contributed by atoms with Crippen molar-refractivity contribution in [2.75, 3.05) is 5.32 Å². The predicted octanol–water partition coefficient (Wildman–Crippen LogP) is 4.15. The zero-order chi connectivity index (χ0) is 19.7. The zero-order valence-electron chi connectivity index (χ0n) is 14.3. The molecule has 6 nitrogen and oxygen atoms in total. The summed E-state index contributed by atoms with van der Waals surface area (Å²) in [6.07, 6.45) is 1.71. The summed E-state index contributed by atoms with van der Waals surface area (Å²) in [5, 5.41) is 10.2. The third-order valence-electron chi connectivity index (χ3n) is 4.23. The molecule has 0 bridgehead atoms. The van der Waals surface area contributed by atoms with Crippen LogP contribution in [0.2, 0.25) is 5.02 Å². The van der Waals surface area contributed by atoms with E-state index >= 15 is 0 Å². The number of halogens is 2. The summed E-state index contributed by atoms with van der Waals surface area (Å²) < 4.78 is 18.7. The molecule has 2 heterocycles. The maximum absolute atomic E-state index is 13.7. The second-order valence-electron chi connectivity index (χ2n) is 6.12. The van der Waals surface area contributed by atoms with Crippen LogP contribution in [0.3, 0.4) is 0 Å². The smallest absolute Gasteiger partial charge is 0.291 e. The van der Waals surface area contributed by atoms with Gasteiger partial charge in [0.2, 0.25) is 0 Å². The van der Waals surface area contributed by atoms with Crippen LogP contribution in [0, 0.1) is 5.82 Å². The number of H-pyrrole nitrogens is 1. The second kappa shape index (κ2) is 7.28. The average Bonchev–Trinajstić information content (AvgIpc) is 3.22. The summed E-state index contributed by atoms with van der Waals surface area (Å²) in [6, 6.07) is 12.6. The highest BCUT2D eigenvalue weighted by Crippen LogP contribution is 2.22. The molecule has 0 fully saturated rings. The number of hydrogen-bond acceptors (Lipinski definition) is 4. The molecule has 2 aromatic carbocycles. The van der Waals surface area contributed by atoms with Crippen molar-refractivity contribution >= 4 is 34.0 Å². The van der Waals surface area contributed by atoms with Gasteiger partial charge in [0.05, 0.1) is 22.4 Å². The van der Waals surface area contributed by atoms with Crippen molar-refractivity contribution in [3.05, 3.63) is 93.0 Å². The number of hydrogen-bond donors (Lipinski definition) is 2. The van der Waals surface area contributed by atoms with Crippen LogP contribution in [-0.4, -0.2) is 16.1 Å². The molecule has 0 aliphatic heterocycles. The highest BCUT2D eigenvalue weighted by atomic mass is 35.5. The Morgan fingerprint density at radius 3 is 2.79 bits per heavy atom. The van der Waals surface area contributed by atoms with Gasteiger partial charge in [-0.3, -0.25) is 9.59 Å². The molecule has 0 unspecified atom stereocenters. The number of carbonyl (C=O) groups is 1. The second-order valence-corrected chi connectivity index (χ2v) is 6.52. The molecule has 2 aromatic heterocycles. The van der Waals surface area contributed by atoms with Gasteiger partial charge in [-0.15, -0.1) is 0 Å². The van der Waals surface area contributed by atoms with Crippen molar-refractivity contribution < 1.29 is 13.6 Å². The quantitative estimate of drug-likeness (QED) is 0.541. The molecule has 0 spiro atoms. The number of aromatic nitrogens is 2. The summed E-state index contributed by atoms with van der Waals surface area (Å²) in [5.74, 6) is -0.781. The van der Waals surface area contributed by atoms with Gasteiger partial charge in [0.15, 0.2) is 5.76 Å². The summed E-state index contributed by atoms with van der Waals surface area (Å²) in [7, 11) is 0. The molecule has 28 heavy (non-hydrogen) atoms. The van der Waals surface area contributed by atoms with E-state index in [0.29, 0.717) is 34.1 Å². The standard InChI is InChI=1S/C20H13ClFN3O3/c21-15-6-3-11(8-16(15)22)9-17-13-5-4-12(10-14(13)19(26)25-24-17)23-20(27)18-2-1-7-28-18/h1-8,10H,9H2,(H,23,27)(H,25,26). The summed E-state index contributed by atoms with van der Waals surface area (Å²) in [4.78, 5) is 24.3. The van der Waals surface area contributed by atoms with Crippen LogP contribution in [0.15, 0.2) is 64.0 Å². The summed E-state index contributed by atoms with van der Waals surface area (Å²) in [6.45, 7) is 0. The molecule has 1 amide bonds. The maximum Gasteiger partial charge on any atom is 0.291 e. The Kier molecular flexibility index (Phi) is 4.67. The van der Waals surface area contributed by atoms with E-state index in [1.165, 1.54) is 24.5 Å². The first-order valence-corrected chi connectivity index (χ1v) is 8.69. The van der Waals surface area contributed by atoms with Crippen LogP contribution in [0.1, 0.15) is 21.8 Å². The van der Waals surface area contributed by atoms with Gasteiger partial charge in [-0.2, -0.15) is 5.10 Å². The maximum atomic E-state index is 13.7. The van der Waals surface area contributed by atoms with Crippen LogP contribution in [0.5, 0.6) is 0 Å². The number of furan rings is 1. The number of benzene rings is 2. The fourth-order valence-electron chi connectivity index (χ4n) is 2.88. The van der Waals surface area contributed by atoms with Gasteiger partial charge in [-0.25, -0.2) is 9.49 Å². The molecule has 4 aromatic rings. The van der Waals surface area contributed by atoms with E-state index in [4.69, 9.17) is 16.0 Å². The molecule has 140 valence electrons. The number of carbonyl (C=O) groups excluding carboxylic acids is 1. The largest absolute Gasteiger partial charge is 0.459 e. The minimum atomic E-state index is -0.518.